The number of hydrogen-bond acceptors (Lipinski definition) is 0. The molecule has 0 aliphatic heterocycles. The summed E-state index contributed by atoms with van der Waals surface area (Å²) in [5, 5.41) is 0.773. The number of halogens is 1. The number of rotatable bonds is 2. The highest BCUT2D eigenvalue weighted by molar-refractivity contribution is 6.30. The zero-order chi connectivity index (χ0) is 10.8. The molecule has 1 N–H and O–H groups in total. The summed E-state index contributed by atoms with van der Waals surface area (Å²) in [6.07, 6.45) is 0. The van der Waals surface area contributed by atoms with Gasteiger partial charge in [0, 0.05) is 16.4 Å². The topological polar surface area (TPSA) is 15.8 Å². The largest absolute Gasteiger partial charge is 0.358 e. The molecule has 0 aliphatic carbocycles. The Hall–Kier alpha value is -1.21. The smallest absolute Gasteiger partial charge is 0.0456 e. The Morgan fingerprint density at radius 3 is 2.20 bits per heavy atom. The van der Waals surface area contributed by atoms with Crippen molar-refractivity contribution in [3.63, 3.8) is 0 Å². The van der Waals surface area contributed by atoms with Crippen molar-refractivity contribution in [2.45, 2.75) is 19.8 Å². The zero-order valence-electron chi connectivity index (χ0n) is 8.92. The Morgan fingerprint density at radius 1 is 1.00 bits per heavy atom. The summed E-state index contributed by atoms with van der Waals surface area (Å²) in [5.74, 6) is 0.533. The van der Waals surface area contributed by atoms with E-state index in [0.717, 1.165) is 10.7 Å². The molecule has 0 unspecified atom stereocenters. The fourth-order valence-electron chi connectivity index (χ4n) is 1.55. The Labute approximate surface area is 95.1 Å². The SMILES string of the molecule is CC(C)c1ccc(-c2ccc(Cl)cc2)[nH]1. The third-order valence-electron chi connectivity index (χ3n) is 2.49. The van der Waals surface area contributed by atoms with Gasteiger partial charge in [-0.3, -0.25) is 0 Å². The molecule has 15 heavy (non-hydrogen) atoms. The number of nitrogens with one attached hydrogen (secondary N) is 1. The van der Waals surface area contributed by atoms with Crippen LogP contribution in [0.25, 0.3) is 11.3 Å². The average Bonchev–Trinajstić information content (AvgIpc) is 2.68. The van der Waals surface area contributed by atoms with Crippen molar-refractivity contribution in [3.8, 4) is 11.3 Å². The van der Waals surface area contributed by atoms with Crippen LogP contribution in [0.15, 0.2) is 36.4 Å². The van der Waals surface area contributed by atoms with E-state index >= 15 is 0 Å². The van der Waals surface area contributed by atoms with E-state index in [0.29, 0.717) is 5.92 Å². The lowest BCUT2D eigenvalue weighted by molar-refractivity contribution is 0.834. The van der Waals surface area contributed by atoms with Crippen LogP contribution in [0.5, 0.6) is 0 Å². The minimum Gasteiger partial charge on any atom is -0.358 e. The summed E-state index contributed by atoms with van der Waals surface area (Å²) in [6, 6.07) is 12.1. The van der Waals surface area contributed by atoms with E-state index < -0.39 is 0 Å². The van der Waals surface area contributed by atoms with Crippen LogP contribution < -0.4 is 0 Å². The van der Waals surface area contributed by atoms with Crippen LogP contribution in [0.2, 0.25) is 5.02 Å². The molecule has 0 amide bonds. The van der Waals surface area contributed by atoms with Crippen LogP contribution in [-0.4, -0.2) is 4.98 Å². The highest BCUT2D eigenvalue weighted by Crippen LogP contribution is 2.23. The molecule has 0 saturated heterocycles. The lowest BCUT2D eigenvalue weighted by Crippen LogP contribution is -1.86. The van der Waals surface area contributed by atoms with Gasteiger partial charge in [-0.15, -0.1) is 0 Å². The van der Waals surface area contributed by atoms with Crippen LogP contribution in [0.1, 0.15) is 25.5 Å². The van der Waals surface area contributed by atoms with Gasteiger partial charge in [0.05, 0.1) is 0 Å². The molecule has 0 aliphatic rings. The number of aromatic amines is 1. The first-order valence-corrected chi connectivity index (χ1v) is 5.49. The molecule has 0 spiro atoms. The van der Waals surface area contributed by atoms with Gasteiger partial charge in [-0.1, -0.05) is 37.6 Å². The molecule has 78 valence electrons. The molecule has 0 bridgehead atoms. The van der Waals surface area contributed by atoms with Gasteiger partial charge in [0.1, 0.15) is 0 Å². The van der Waals surface area contributed by atoms with E-state index in [4.69, 9.17) is 11.6 Å². The van der Waals surface area contributed by atoms with Crippen molar-refractivity contribution < 1.29 is 0 Å². The van der Waals surface area contributed by atoms with Crippen LogP contribution in [0.4, 0.5) is 0 Å². The maximum absolute atomic E-state index is 5.84. The number of H-pyrrole nitrogens is 1. The third-order valence-corrected chi connectivity index (χ3v) is 2.74. The van der Waals surface area contributed by atoms with Crippen LogP contribution in [-0.2, 0) is 0 Å². The van der Waals surface area contributed by atoms with Crippen molar-refractivity contribution in [3.05, 3.63) is 47.1 Å². The van der Waals surface area contributed by atoms with Gasteiger partial charge in [-0.05, 0) is 35.7 Å². The summed E-state index contributed by atoms with van der Waals surface area (Å²) in [6.45, 7) is 4.36. The first kappa shape index (κ1) is 10.3. The van der Waals surface area contributed by atoms with Crippen molar-refractivity contribution in [2.24, 2.45) is 0 Å². The van der Waals surface area contributed by atoms with E-state index in [1.165, 1.54) is 11.3 Å². The third kappa shape index (κ3) is 2.24. The second-order valence-electron chi connectivity index (χ2n) is 3.99. The van der Waals surface area contributed by atoms with E-state index in [1.54, 1.807) is 0 Å². The second-order valence-corrected chi connectivity index (χ2v) is 4.43. The van der Waals surface area contributed by atoms with Crippen molar-refractivity contribution in [2.75, 3.05) is 0 Å². The van der Waals surface area contributed by atoms with Crippen molar-refractivity contribution >= 4 is 11.6 Å². The normalized spacial score (nSPS) is 10.9. The summed E-state index contributed by atoms with van der Waals surface area (Å²) in [5.41, 5.74) is 3.58. The molecule has 0 radical (unpaired) electrons. The summed E-state index contributed by atoms with van der Waals surface area (Å²) < 4.78 is 0. The van der Waals surface area contributed by atoms with Gasteiger partial charge in [0.2, 0.25) is 0 Å². The van der Waals surface area contributed by atoms with E-state index in [1.807, 2.05) is 24.3 Å². The second kappa shape index (κ2) is 4.11. The van der Waals surface area contributed by atoms with Gasteiger partial charge in [0.25, 0.3) is 0 Å². The standard InChI is InChI=1S/C13H14ClN/c1-9(2)12-7-8-13(15-12)10-3-5-11(14)6-4-10/h3-9,15H,1-2H3. The van der Waals surface area contributed by atoms with Crippen molar-refractivity contribution in [1.82, 2.24) is 4.98 Å². The lowest BCUT2D eigenvalue weighted by atomic mass is 10.1. The molecular weight excluding hydrogens is 206 g/mol. The molecule has 2 aromatic rings. The number of aromatic nitrogens is 1. The van der Waals surface area contributed by atoms with E-state index in [-0.39, 0.29) is 0 Å². The molecule has 0 atom stereocenters. The number of benzene rings is 1. The molecule has 2 heteroatoms. The average molecular weight is 220 g/mol. The summed E-state index contributed by atoms with van der Waals surface area (Å²) in [7, 11) is 0. The number of hydrogen-bond donors (Lipinski definition) is 1. The van der Waals surface area contributed by atoms with E-state index in [2.05, 4.69) is 31.0 Å². The molecule has 2 rings (SSSR count). The summed E-state index contributed by atoms with van der Waals surface area (Å²) >= 11 is 5.84. The predicted molar refractivity (Wildman–Crippen MR) is 65.3 cm³/mol. The van der Waals surface area contributed by atoms with Gasteiger partial charge >= 0.3 is 0 Å². The Balaban J connectivity index is 2.33. The van der Waals surface area contributed by atoms with Gasteiger partial charge in [0.15, 0.2) is 0 Å². The Bertz CT molecular complexity index is 440. The monoisotopic (exact) mass is 219 g/mol. The Kier molecular flexibility index (Phi) is 2.83. The molecule has 1 aromatic heterocycles. The Morgan fingerprint density at radius 2 is 1.67 bits per heavy atom. The van der Waals surface area contributed by atoms with Crippen LogP contribution in [0.3, 0.4) is 0 Å². The van der Waals surface area contributed by atoms with E-state index in [9.17, 15) is 0 Å². The maximum atomic E-state index is 5.84. The molecular formula is C13H14ClN. The first-order valence-electron chi connectivity index (χ1n) is 5.11. The van der Waals surface area contributed by atoms with Crippen LogP contribution >= 0.6 is 11.6 Å². The van der Waals surface area contributed by atoms with Gasteiger partial charge in [-0.2, -0.15) is 0 Å². The maximum Gasteiger partial charge on any atom is 0.0456 e. The van der Waals surface area contributed by atoms with Crippen LogP contribution in [0, 0.1) is 0 Å². The minimum absolute atomic E-state index is 0.533. The minimum atomic E-state index is 0.533. The van der Waals surface area contributed by atoms with Crippen molar-refractivity contribution in [1.29, 1.82) is 0 Å². The molecule has 1 heterocycles. The fourth-order valence-corrected chi connectivity index (χ4v) is 1.67. The highest BCUT2D eigenvalue weighted by Gasteiger charge is 2.04. The molecule has 0 fully saturated rings. The molecule has 1 nitrogen and oxygen atoms in total. The predicted octanol–water partition coefficient (Wildman–Crippen LogP) is 4.46. The lowest BCUT2D eigenvalue weighted by Gasteiger charge is -2.01. The molecule has 1 aromatic carbocycles. The zero-order valence-corrected chi connectivity index (χ0v) is 9.68. The van der Waals surface area contributed by atoms with Gasteiger partial charge in [-0.25, -0.2) is 0 Å². The first-order chi connectivity index (χ1) is 7.16. The van der Waals surface area contributed by atoms with Gasteiger partial charge < -0.3 is 4.98 Å². The summed E-state index contributed by atoms with van der Waals surface area (Å²) in [4.78, 5) is 3.41. The highest BCUT2D eigenvalue weighted by atomic mass is 35.5. The fraction of sp³-hybridized carbons (Fsp3) is 0.231. The quantitative estimate of drug-likeness (QED) is 0.768. The molecule has 0 saturated carbocycles.